The quantitative estimate of drug-likeness (QED) is 0.777. The Labute approximate surface area is 126 Å². The van der Waals surface area contributed by atoms with Gasteiger partial charge in [0.1, 0.15) is 5.76 Å². The second-order valence-electron chi connectivity index (χ2n) is 5.24. The first-order chi connectivity index (χ1) is 9.69. The lowest BCUT2D eigenvalue weighted by Gasteiger charge is -2.23. The molecule has 0 bridgehead atoms. The molecule has 0 saturated heterocycles. The van der Waals surface area contributed by atoms with Gasteiger partial charge in [0.15, 0.2) is 0 Å². The lowest BCUT2D eigenvalue weighted by atomic mass is 10.0. The van der Waals surface area contributed by atoms with Crippen LogP contribution in [0.5, 0.6) is 0 Å². The summed E-state index contributed by atoms with van der Waals surface area (Å²) in [5, 5.41) is 4.47. The van der Waals surface area contributed by atoms with Crippen LogP contribution in [0.4, 0.5) is 0 Å². The van der Waals surface area contributed by atoms with E-state index in [4.69, 9.17) is 16.0 Å². The van der Waals surface area contributed by atoms with Crippen molar-refractivity contribution in [2.45, 2.75) is 45.2 Å². The van der Waals surface area contributed by atoms with E-state index in [-0.39, 0.29) is 0 Å². The molecule has 0 aliphatic rings. The molecule has 2 unspecified atom stereocenters. The molecule has 0 radical (unpaired) electrons. The standard InChI is InChI=1S/C17H22ClNO/c1-3-5-17(14-7-9-15(18)10-8-14)19-13(2)12-16-6-4-11-20-16/h4,6-11,13,17,19H,3,5,12H2,1-2H3. The molecule has 2 nitrogen and oxygen atoms in total. The van der Waals surface area contributed by atoms with Crippen molar-refractivity contribution < 1.29 is 4.42 Å². The zero-order valence-corrected chi connectivity index (χ0v) is 12.9. The molecule has 0 aliphatic carbocycles. The highest BCUT2D eigenvalue weighted by molar-refractivity contribution is 6.30. The maximum absolute atomic E-state index is 5.96. The third-order valence-corrected chi connectivity index (χ3v) is 3.67. The smallest absolute Gasteiger partial charge is 0.105 e. The van der Waals surface area contributed by atoms with E-state index in [9.17, 15) is 0 Å². The maximum Gasteiger partial charge on any atom is 0.105 e. The maximum atomic E-state index is 5.96. The average molecular weight is 292 g/mol. The van der Waals surface area contributed by atoms with Crippen LogP contribution in [0.15, 0.2) is 47.1 Å². The lowest BCUT2D eigenvalue weighted by Crippen LogP contribution is -2.32. The molecule has 0 spiro atoms. The van der Waals surface area contributed by atoms with Crippen LogP contribution >= 0.6 is 11.6 Å². The van der Waals surface area contributed by atoms with Gasteiger partial charge in [0, 0.05) is 23.5 Å². The van der Waals surface area contributed by atoms with Crippen LogP contribution in [0.1, 0.15) is 44.1 Å². The molecule has 1 aromatic heterocycles. The molecule has 3 heteroatoms. The summed E-state index contributed by atoms with van der Waals surface area (Å²) in [5.41, 5.74) is 1.29. The van der Waals surface area contributed by atoms with Crippen molar-refractivity contribution >= 4 is 11.6 Å². The highest BCUT2D eigenvalue weighted by atomic mass is 35.5. The first-order valence-corrected chi connectivity index (χ1v) is 7.60. The van der Waals surface area contributed by atoms with Gasteiger partial charge in [-0.2, -0.15) is 0 Å². The van der Waals surface area contributed by atoms with Crippen LogP contribution in [-0.2, 0) is 6.42 Å². The molecule has 0 amide bonds. The lowest BCUT2D eigenvalue weighted by molar-refractivity contribution is 0.401. The first-order valence-electron chi connectivity index (χ1n) is 7.23. The number of rotatable bonds is 7. The molecule has 1 heterocycles. The summed E-state index contributed by atoms with van der Waals surface area (Å²) in [6.07, 6.45) is 4.89. The summed E-state index contributed by atoms with van der Waals surface area (Å²) in [4.78, 5) is 0. The molecule has 0 fully saturated rings. The average Bonchev–Trinajstić information content (AvgIpc) is 2.92. The molecule has 1 aromatic carbocycles. The minimum absolute atomic E-state index is 0.363. The predicted octanol–water partition coefficient (Wildman–Crippen LogP) is 5.00. The van der Waals surface area contributed by atoms with Crippen molar-refractivity contribution in [3.8, 4) is 0 Å². The van der Waals surface area contributed by atoms with Gasteiger partial charge in [0.05, 0.1) is 6.26 Å². The zero-order chi connectivity index (χ0) is 14.4. The summed E-state index contributed by atoms with van der Waals surface area (Å²) in [5.74, 6) is 1.02. The molecule has 2 aromatic rings. The third-order valence-electron chi connectivity index (χ3n) is 3.42. The highest BCUT2D eigenvalue weighted by Crippen LogP contribution is 2.21. The fraction of sp³-hybridized carbons (Fsp3) is 0.412. The van der Waals surface area contributed by atoms with E-state index in [1.807, 2.05) is 24.3 Å². The second kappa shape index (κ2) is 7.51. The van der Waals surface area contributed by atoms with E-state index in [1.165, 1.54) is 5.56 Å². The molecule has 20 heavy (non-hydrogen) atoms. The Kier molecular flexibility index (Phi) is 5.69. The zero-order valence-electron chi connectivity index (χ0n) is 12.1. The Hall–Kier alpha value is -1.25. The Morgan fingerprint density at radius 3 is 2.55 bits per heavy atom. The number of hydrogen-bond donors (Lipinski definition) is 1. The number of nitrogens with one attached hydrogen (secondary N) is 1. The molecule has 108 valence electrons. The topological polar surface area (TPSA) is 25.2 Å². The van der Waals surface area contributed by atoms with Gasteiger partial charge in [0.2, 0.25) is 0 Å². The largest absolute Gasteiger partial charge is 0.469 e. The van der Waals surface area contributed by atoms with Gasteiger partial charge in [-0.3, -0.25) is 0 Å². The van der Waals surface area contributed by atoms with Gasteiger partial charge in [0.25, 0.3) is 0 Å². The van der Waals surface area contributed by atoms with Crippen LogP contribution in [0.2, 0.25) is 5.02 Å². The fourth-order valence-corrected chi connectivity index (χ4v) is 2.59. The van der Waals surface area contributed by atoms with Crippen molar-refractivity contribution in [1.82, 2.24) is 5.32 Å². The van der Waals surface area contributed by atoms with Gasteiger partial charge < -0.3 is 9.73 Å². The van der Waals surface area contributed by atoms with E-state index >= 15 is 0 Å². The summed E-state index contributed by atoms with van der Waals surface area (Å²) in [6, 6.07) is 12.8. The van der Waals surface area contributed by atoms with Crippen molar-refractivity contribution in [3.63, 3.8) is 0 Å². The van der Waals surface area contributed by atoms with Gasteiger partial charge >= 0.3 is 0 Å². The van der Waals surface area contributed by atoms with Crippen molar-refractivity contribution in [2.75, 3.05) is 0 Å². The van der Waals surface area contributed by atoms with E-state index < -0.39 is 0 Å². The number of halogens is 1. The van der Waals surface area contributed by atoms with E-state index in [1.54, 1.807) is 6.26 Å². The monoisotopic (exact) mass is 291 g/mol. The molecule has 1 N–H and O–H groups in total. The van der Waals surface area contributed by atoms with Crippen LogP contribution in [0.3, 0.4) is 0 Å². The number of hydrogen-bond acceptors (Lipinski definition) is 2. The SMILES string of the molecule is CCCC(NC(C)Cc1ccco1)c1ccc(Cl)cc1. The highest BCUT2D eigenvalue weighted by Gasteiger charge is 2.14. The minimum Gasteiger partial charge on any atom is -0.469 e. The third kappa shape index (κ3) is 4.39. The van der Waals surface area contributed by atoms with Gasteiger partial charge in [-0.15, -0.1) is 0 Å². The van der Waals surface area contributed by atoms with Crippen LogP contribution in [0, 0.1) is 0 Å². The summed E-state index contributed by atoms with van der Waals surface area (Å²) < 4.78 is 5.41. The molecule has 0 aliphatic heterocycles. The fourth-order valence-electron chi connectivity index (χ4n) is 2.46. The summed E-state index contributed by atoms with van der Waals surface area (Å²) in [7, 11) is 0. The summed E-state index contributed by atoms with van der Waals surface area (Å²) >= 11 is 5.96. The molecule has 0 saturated carbocycles. The van der Waals surface area contributed by atoms with Gasteiger partial charge in [-0.25, -0.2) is 0 Å². The van der Waals surface area contributed by atoms with Crippen LogP contribution in [-0.4, -0.2) is 6.04 Å². The number of furan rings is 1. The number of benzene rings is 1. The van der Waals surface area contributed by atoms with Crippen LogP contribution in [0.25, 0.3) is 0 Å². The van der Waals surface area contributed by atoms with Gasteiger partial charge in [-0.05, 0) is 43.2 Å². The van der Waals surface area contributed by atoms with E-state index in [2.05, 4.69) is 31.3 Å². The van der Waals surface area contributed by atoms with Gasteiger partial charge in [-0.1, -0.05) is 37.1 Å². The molecule has 2 rings (SSSR count). The molecular formula is C17H22ClNO. The normalized spacial score (nSPS) is 14.2. The molecule has 2 atom stereocenters. The van der Waals surface area contributed by atoms with E-state index in [0.717, 1.165) is 30.0 Å². The van der Waals surface area contributed by atoms with Crippen molar-refractivity contribution in [3.05, 3.63) is 59.0 Å². The Morgan fingerprint density at radius 1 is 1.20 bits per heavy atom. The second-order valence-corrected chi connectivity index (χ2v) is 5.68. The van der Waals surface area contributed by atoms with Crippen LogP contribution < -0.4 is 5.32 Å². The first kappa shape index (κ1) is 15.1. The Bertz CT molecular complexity index is 492. The molecular weight excluding hydrogens is 270 g/mol. The summed E-state index contributed by atoms with van der Waals surface area (Å²) in [6.45, 7) is 4.41. The van der Waals surface area contributed by atoms with Crippen molar-refractivity contribution in [2.24, 2.45) is 0 Å². The predicted molar refractivity (Wildman–Crippen MR) is 84.1 cm³/mol. The minimum atomic E-state index is 0.363. The Morgan fingerprint density at radius 2 is 1.95 bits per heavy atom. The Balaban J connectivity index is 1.99. The van der Waals surface area contributed by atoms with E-state index in [0.29, 0.717) is 12.1 Å². The van der Waals surface area contributed by atoms with Crippen molar-refractivity contribution in [1.29, 1.82) is 0 Å².